The van der Waals surface area contributed by atoms with Gasteiger partial charge in [0, 0.05) is 18.3 Å². The molecular weight excluding hydrogens is 328 g/mol. The van der Waals surface area contributed by atoms with E-state index in [1.807, 2.05) is 30.3 Å². The largest absolute Gasteiger partial charge is 0.497 e. The number of anilines is 1. The number of hydrogen-bond acceptors (Lipinski definition) is 4. The van der Waals surface area contributed by atoms with Crippen LogP contribution in [0.15, 0.2) is 54.6 Å². The predicted octanol–water partition coefficient (Wildman–Crippen LogP) is 3.72. The Bertz CT molecular complexity index is 671. The third-order valence-corrected chi connectivity index (χ3v) is 4.17. The summed E-state index contributed by atoms with van der Waals surface area (Å²) in [5, 5.41) is 6.44. The van der Waals surface area contributed by atoms with Gasteiger partial charge in [-0.3, -0.25) is 4.79 Å². The Labute approximate surface area is 155 Å². The Morgan fingerprint density at radius 1 is 0.962 bits per heavy atom. The van der Waals surface area contributed by atoms with Gasteiger partial charge in [-0.1, -0.05) is 32.0 Å². The number of hydrogen-bond donors (Lipinski definition) is 2. The van der Waals surface area contributed by atoms with Crippen LogP contribution in [0.4, 0.5) is 5.69 Å². The molecule has 26 heavy (non-hydrogen) atoms. The van der Waals surface area contributed by atoms with Crippen LogP contribution in [0, 0.1) is 5.92 Å². The molecule has 2 atom stereocenters. The number of methoxy groups -OCH3 is 1. The van der Waals surface area contributed by atoms with Crippen molar-refractivity contribution < 1.29 is 14.3 Å². The molecule has 0 aliphatic rings. The maximum absolute atomic E-state index is 12.4. The third-order valence-electron chi connectivity index (χ3n) is 4.17. The molecule has 0 heterocycles. The van der Waals surface area contributed by atoms with Gasteiger partial charge >= 0.3 is 0 Å². The molecule has 2 unspecified atom stereocenters. The van der Waals surface area contributed by atoms with Crippen LogP contribution in [0.25, 0.3) is 0 Å². The van der Waals surface area contributed by atoms with E-state index >= 15 is 0 Å². The number of ether oxygens (including phenoxy) is 2. The summed E-state index contributed by atoms with van der Waals surface area (Å²) in [7, 11) is 1.61. The van der Waals surface area contributed by atoms with E-state index in [9.17, 15) is 4.79 Å². The van der Waals surface area contributed by atoms with Crippen molar-refractivity contribution >= 4 is 11.6 Å². The molecule has 0 bridgehead atoms. The van der Waals surface area contributed by atoms with Crippen LogP contribution in [0.1, 0.15) is 20.8 Å². The summed E-state index contributed by atoms with van der Waals surface area (Å²) in [6, 6.07) is 17.3. The fraction of sp³-hybridized carbons (Fsp3) is 0.381. The molecule has 0 saturated carbocycles. The molecule has 2 aromatic rings. The first-order chi connectivity index (χ1) is 12.5. The van der Waals surface area contributed by atoms with Gasteiger partial charge in [0.05, 0.1) is 7.11 Å². The van der Waals surface area contributed by atoms with Gasteiger partial charge in [0.15, 0.2) is 6.10 Å². The smallest absolute Gasteiger partial charge is 0.260 e. The van der Waals surface area contributed by atoms with E-state index in [-0.39, 0.29) is 11.9 Å². The molecule has 1 amide bonds. The molecule has 140 valence electrons. The second-order valence-electron chi connectivity index (χ2n) is 6.54. The summed E-state index contributed by atoms with van der Waals surface area (Å²) in [6.45, 7) is 6.53. The van der Waals surface area contributed by atoms with E-state index in [1.54, 1.807) is 38.3 Å². The second-order valence-corrected chi connectivity index (χ2v) is 6.54. The third kappa shape index (κ3) is 5.99. The molecule has 2 N–H and O–H groups in total. The summed E-state index contributed by atoms with van der Waals surface area (Å²) in [6.07, 6.45) is -0.576. The van der Waals surface area contributed by atoms with Crippen molar-refractivity contribution in [2.45, 2.75) is 32.9 Å². The minimum absolute atomic E-state index is 0.134. The van der Waals surface area contributed by atoms with E-state index < -0.39 is 6.10 Å². The average Bonchev–Trinajstić information content (AvgIpc) is 2.66. The second kappa shape index (κ2) is 9.70. The average molecular weight is 356 g/mol. The molecule has 5 heteroatoms. The molecule has 0 aromatic heterocycles. The van der Waals surface area contributed by atoms with Crippen LogP contribution in [-0.2, 0) is 4.79 Å². The Morgan fingerprint density at radius 3 is 2.15 bits per heavy atom. The predicted molar refractivity (Wildman–Crippen MR) is 105 cm³/mol. The lowest BCUT2D eigenvalue weighted by Gasteiger charge is -2.25. The zero-order chi connectivity index (χ0) is 18.9. The summed E-state index contributed by atoms with van der Waals surface area (Å²) >= 11 is 0. The van der Waals surface area contributed by atoms with Crippen LogP contribution in [-0.4, -0.2) is 31.7 Å². The maximum Gasteiger partial charge on any atom is 0.260 e. The van der Waals surface area contributed by atoms with Crippen molar-refractivity contribution in [3.05, 3.63) is 54.6 Å². The van der Waals surface area contributed by atoms with Gasteiger partial charge in [-0.05, 0) is 49.2 Å². The van der Waals surface area contributed by atoms with Gasteiger partial charge in [0.2, 0.25) is 0 Å². The summed E-state index contributed by atoms with van der Waals surface area (Å²) in [5.74, 6) is 1.62. The van der Waals surface area contributed by atoms with Crippen molar-refractivity contribution in [3.8, 4) is 11.5 Å². The maximum atomic E-state index is 12.4. The lowest BCUT2D eigenvalue weighted by atomic mass is 10.0. The zero-order valence-electron chi connectivity index (χ0n) is 15.9. The van der Waals surface area contributed by atoms with E-state index in [4.69, 9.17) is 9.47 Å². The van der Waals surface area contributed by atoms with Gasteiger partial charge in [-0.15, -0.1) is 0 Å². The number of nitrogens with one attached hydrogen (secondary N) is 2. The van der Waals surface area contributed by atoms with E-state index in [2.05, 4.69) is 24.5 Å². The highest BCUT2D eigenvalue weighted by molar-refractivity contribution is 5.80. The minimum Gasteiger partial charge on any atom is -0.497 e. The van der Waals surface area contributed by atoms with Crippen LogP contribution in [0.5, 0.6) is 11.5 Å². The highest BCUT2D eigenvalue weighted by atomic mass is 16.5. The Balaban J connectivity index is 1.85. The molecule has 0 radical (unpaired) electrons. The van der Waals surface area contributed by atoms with Crippen LogP contribution in [0.2, 0.25) is 0 Å². The molecule has 0 saturated heterocycles. The number of para-hydroxylation sites is 1. The van der Waals surface area contributed by atoms with Crippen molar-refractivity contribution in [3.63, 3.8) is 0 Å². The first-order valence-corrected chi connectivity index (χ1v) is 8.89. The van der Waals surface area contributed by atoms with E-state index in [0.29, 0.717) is 18.2 Å². The first kappa shape index (κ1) is 19.6. The number of amides is 1. The molecule has 0 aliphatic heterocycles. The number of rotatable bonds is 9. The minimum atomic E-state index is -0.576. The van der Waals surface area contributed by atoms with Crippen LogP contribution in [0.3, 0.4) is 0 Å². The molecule has 0 aliphatic carbocycles. The molecule has 0 fully saturated rings. The molecular formula is C21H28N2O3. The Morgan fingerprint density at radius 2 is 1.58 bits per heavy atom. The topological polar surface area (TPSA) is 59.6 Å². The summed E-state index contributed by atoms with van der Waals surface area (Å²) < 4.78 is 10.8. The highest BCUT2D eigenvalue weighted by Crippen LogP contribution is 2.18. The van der Waals surface area contributed by atoms with Crippen LogP contribution >= 0.6 is 0 Å². The quantitative estimate of drug-likeness (QED) is 0.719. The molecule has 5 nitrogen and oxygen atoms in total. The monoisotopic (exact) mass is 356 g/mol. The lowest BCUT2D eigenvalue weighted by Crippen LogP contribution is -2.44. The molecule has 0 spiro atoms. The van der Waals surface area contributed by atoms with Gasteiger partial charge in [-0.25, -0.2) is 0 Å². The Kier molecular flexibility index (Phi) is 7.33. The normalized spacial score (nSPS) is 13.0. The van der Waals surface area contributed by atoms with E-state index in [0.717, 1.165) is 11.4 Å². The first-order valence-electron chi connectivity index (χ1n) is 8.89. The van der Waals surface area contributed by atoms with Gasteiger partial charge in [0.1, 0.15) is 11.5 Å². The molecule has 2 rings (SSSR count). The van der Waals surface area contributed by atoms with Gasteiger partial charge in [0.25, 0.3) is 5.91 Å². The SMILES string of the molecule is COc1ccc(OC(C)C(=O)NCC(Nc2ccccc2)C(C)C)cc1. The number of carbonyl (C=O) groups is 1. The highest BCUT2D eigenvalue weighted by Gasteiger charge is 2.18. The van der Waals surface area contributed by atoms with Gasteiger partial charge < -0.3 is 20.1 Å². The molecule has 2 aromatic carbocycles. The fourth-order valence-corrected chi connectivity index (χ4v) is 2.47. The fourth-order valence-electron chi connectivity index (χ4n) is 2.47. The van der Waals surface area contributed by atoms with Crippen molar-refractivity contribution in [2.75, 3.05) is 19.0 Å². The number of benzene rings is 2. The summed E-state index contributed by atoms with van der Waals surface area (Å²) in [5.41, 5.74) is 1.04. The Hall–Kier alpha value is -2.69. The zero-order valence-corrected chi connectivity index (χ0v) is 15.9. The summed E-state index contributed by atoms with van der Waals surface area (Å²) in [4.78, 5) is 12.4. The van der Waals surface area contributed by atoms with Crippen molar-refractivity contribution in [1.29, 1.82) is 0 Å². The number of carbonyl (C=O) groups excluding carboxylic acids is 1. The van der Waals surface area contributed by atoms with Crippen molar-refractivity contribution in [1.82, 2.24) is 5.32 Å². The standard InChI is InChI=1S/C21H28N2O3/c1-15(2)20(23-17-8-6-5-7-9-17)14-22-21(24)16(3)26-19-12-10-18(25-4)11-13-19/h5-13,15-16,20,23H,14H2,1-4H3,(H,22,24). The van der Waals surface area contributed by atoms with Gasteiger partial charge in [-0.2, -0.15) is 0 Å². The van der Waals surface area contributed by atoms with E-state index in [1.165, 1.54) is 0 Å². The lowest BCUT2D eigenvalue weighted by molar-refractivity contribution is -0.127. The van der Waals surface area contributed by atoms with Crippen molar-refractivity contribution in [2.24, 2.45) is 5.92 Å². The van der Waals surface area contributed by atoms with Crippen LogP contribution < -0.4 is 20.1 Å².